The van der Waals surface area contributed by atoms with E-state index in [0.717, 1.165) is 10.9 Å². The molecule has 5 nitrogen and oxygen atoms in total. The Hall–Kier alpha value is -2.21. The number of rotatable bonds is 1. The van der Waals surface area contributed by atoms with Gasteiger partial charge in [0.2, 0.25) is 0 Å². The van der Waals surface area contributed by atoms with Crippen LogP contribution in [-0.4, -0.2) is 31.9 Å². The van der Waals surface area contributed by atoms with Crippen molar-refractivity contribution in [3.05, 3.63) is 63.5 Å². The van der Waals surface area contributed by atoms with Crippen LogP contribution >= 0.6 is 15.9 Å². The number of carbonyl (C=O) groups excluding carboxylic acids is 1. The molecule has 0 N–H and O–H groups in total. The van der Waals surface area contributed by atoms with Crippen LogP contribution in [-0.2, 0) is 6.42 Å². The number of hydrogen-bond donors (Lipinski definition) is 0. The molecule has 1 atom stereocenters. The maximum Gasteiger partial charge on any atom is 0.274 e. The number of benzene rings is 1. The zero-order valence-corrected chi connectivity index (χ0v) is 15.1. The lowest BCUT2D eigenvalue weighted by molar-refractivity contribution is 0.0671. The number of aryl methyl sites for hydroxylation is 1. The summed E-state index contributed by atoms with van der Waals surface area (Å²) in [4.78, 5) is 19.1. The van der Waals surface area contributed by atoms with E-state index < -0.39 is 0 Å². The second-order valence-electron chi connectivity index (χ2n) is 6.17. The van der Waals surface area contributed by atoms with Gasteiger partial charge < -0.3 is 4.90 Å². The van der Waals surface area contributed by atoms with Crippen molar-refractivity contribution in [2.75, 3.05) is 6.54 Å². The fourth-order valence-electron chi connectivity index (χ4n) is 3.43. The third-order valence-electron chi connectivity index (χ3n) is 4.73. The van der Waals surface area contributed by atoms with Crippen molar-refractivity contribution in [3.8, 4) is 0 Å². The summed E-state index contributed by atoms with van der Waals surface area (Å²) in [6.45, 7) is 4.93. The minimum Gasteiger partial charge on any atom is -0.330 e. The molecule has 1 unspecified atom stereocenters. The van der Waals surface area contributed by atoms with E-state index in [1.165, 1.54) is 16.7 Å². The highest BCUT2D eigenvalue weighted by molar-refractivity contribution is 9.10. The summed E-state index contributed by atoms with van der Waals surface area (Å²) in [5, 5.41) is 4.39. The molecule has 0 bridgehead atoms. The predicted molar refractivity (Wildman–Crippen MR) is 95.0 cm³/mol. The van der Waals surface area contributed by atoms with Gasteiger partial charge in [-0.05, 0) is 52.9 Å². The van der Waals surface area contributed by atoms with Crippen LogP contribution in [0, 0.1) is 6.92 Å². The Labute approximate surface area is 148 Å². The maximum absolute atomic E-state index is 13.0. The van der Waals surface area contributed by atoms with E-state index in [2.05, 4.69) is 58.1 Å². The first-order chi connectivity index (χ1) is 11.5. The number of hydrogen-bond acceptors (Lipinski definition) is 3. The van der Waals surface area contributed by atoms with Crippen molar-refractivity contribution >= 4 is 27.5 Å². The largest absolute Gasteiger partial charge is 0.330 e. The van der Waals surface area contributed by atoms with Gasteiger partial charge in [-0.15, -0.1) is 0 Å². The Kier molecular flexibility index (Phi) is 3.64. The Morgan fingerprint density at radius 3 is 3.04 bits per heavy atom. The van der Waals surface area contributed by atoms with E-state index in [0.29, 0.717) is 17.9 Å². The van der Waals surface area contributed by atoms with Crippen molar-refractivity contribution in [3.63, 3.8) is 0 Å². The van der Waals surface area contributed by atoms with Crippen LogP contribution in [0.1, 0.15) is 40.1 Å². The van der Waals surface area contributed by atoms with Gasteiger partial charge in [0.05, 0.1) is 10.5 Å². The molecule has 1 amide bonds. The lowest BCUT2D eigenvalue weighted by atomic mass is 9.90. The number of aromatic nitrogens is 3. The maximum atomic E-state index is 13.0. The Morgan fingerprint density at radius 1 is 1.38 bits per heavy atom. The van der Waals surface area contributed by atoms with Gasteiger partial charge in [0.15, 0.2) is 11.3 Å². The van der Waals surface area contributed by atoms with Crippen LogP contribution in [0.15, 0.2) is 41.1 Å². The van der Waals surface area contributed by atoms with Crippen LogP contribution in [0.25, 0.3) is 5.65 Å². The molecule has 3 heterocycles. The molecule has 2 aromatic heterocycles. The molecular weight excluding hydrogens is 368 g/mol. The predicted octanol–water partition coefficient (Wildman–Crippen LogP) is 3.56. The second-order valence-corrected chi connectivity index (χ2v) is 7.09. The third-order valence-corrected chi connectivity index (χ3v) is 5.14. The van der Waals surface area contributed by atoms with E-state index in [4.69, 9.17) is 0 Å². The minimum atomic E-state index is -0.0451. The molecule has 24 heavy (non-hydrogen) atoms. The molecule has 122 valence electrons. The Bertz CT molecular complexity index is 949. The fraction of sp³-hybridized carbons (Fsp3) is 0.278. The van der Waals surface area contributed by atoms with Crippen LogP contribution in [0.2, 0.25) is 0 Å². The zero-order chi connectivity index (χ0) is 16.8. The Balaban J connectivity index is 1.69. The summed E-state index contributed by atoms with van der Waals surface area (Å²) in [7, 11) is 0. The molecule has 0 fully saturated rings. The van der Waals surface area contributed by atoms with E-state index >= 15 is 0 Å². The molecule has 0 saturated heterocycles. The zero-order valence-electron chi connectivity index (χ0n) is 13.5. The lowest BCUT2D eigenvalue weighted by Gasteiger charge is -2.35. The number of carbonyl (C=O) groups is 1. The lowest BCUT2D eigenvalue weighted by Crippen LogP contribution is -2.39. The van der Waals surface area contributed by atoms with Gasteiger partial charge >= 0.3 is 0 Å². The van der Waals surface area contributed by atoms with Gasteiger partial charge in [0.25, 0.3) is 5.91 Å². The molecule has 3 aromatic rings. The fourth-order valence-corrected chi connectivity index (χ4v) is 3.73. The highest BCUT2D eigenvalue weighted by Crippen LogP contribution is 2.32. The summed E-state index contributed by atoms with van der Waals surface area (Å²) in [5.74, 6) is -0.0451. The summed E-state index contributed by atoms with van der Waals surface area (Å²) in [6, 6.07) is 8.10. The molecule has 0 spiro atoms. The third kappa shape index (κ3) is 2.41. The molecule has 4 rings (SSSR count). The van der Waals surface area contributed by atoms with E-state index in [1.54, 1.807) is 23.0 Å². The van der Waals surface area contributed by atoms with Crippen LogP contribution in [0.3, 0.4) is 0 Å². The highest BCUT2D eigenvalue weighted by atomic mass is 79.9. The summed E-state index contributed by atoms with van der Waals surface area (Å²) in [5.41, 5.74) is 5.01. The Morgan fingerprint density at radius 2 is 2.21 bits per heavy atom. The molecule has 0 saturated carbocycles. The summed E-state index contributed by atoms with van der Waals surface area (Å²) in [6.07, 6.45) is 4.39. The second kappa shape index (κ2) is 5.70. The number of nitrogens with zero attached hydrogens (tertiary/aromatic N) is 4. The number of amides is 1. The van der Waals surface area contributed by atoms with E-state index in [1.807, 2.05) is 4.90 Å². The average molecular weight is 385 g/mol. The highest BCUT2D eigenvalue weighted by Gasteiger charge is 2.30. The van der Waals surface area contributed by atoms with E-state index in [9.17, 15) is 4.79 Å². The van der Waals surface area contributed by atoms with Crippen molar-refractivity contribution in [2.45, 2.75) is 26.3 Å². The van der Waals surface area contributed by atoms with Gasteiger partial charge in [-0.1, -0.05) is 18.2 Å². The van der Waals surface area contributed by atoms with Gasteiger partial charge in [-0.2, -0.15) is 5.10 Å². The SMILES string of the molecule is Cc1cccc2c1CCN(C(=O)c1cc3ncc(Br)cn3n1)C2C. The van der Waals surface area contributed by atoms with Crippen LogP contribution < -0.4 is 0 Å². The molecule has 6 heteroatoms. The molecule has 1 aliphatic heterocycles. The van der Waals surface area contributed by atoms with Crippen LogP contribution in [0.4, 0.5) is 0 Å². The number of halogens is 1. The van der Waals surface area contributed by atoms with Crippen molar-refractivity contribution < 1.29 is 4.79 Å². The number of fused-ring (bicyclic) bond motifs is 2. The minimum absolute atomic E-state index is 0.0451. The van der Waals surface area contributed by atoms with Gasteiger partial charge in [-0.25, -0.2) is 9.50 Å². The van der Waals surface area contributed by atoms with Gasteiger partial charge in [-0.3, -0.25) is 4.79 Å². The standard InChI is InChI=1S/C18H17BrN4O/c1-11-4-3-5-15-12(2)22(7-6-14(11)15)18(24)16-8-17-20-9-13(19)10-23(17)21-16/h3-5,8-10,12H,6-7H2,1-2H3. The molecule has 1 aromatic carbocycles. The van der Waals surface area contributed by atoms with Crippen molar-refractivity contribution in [1.29, 1.82) is 0 Å². The molecule has 0 aliphatic carbocycles. The van der Waals surface area contributed by atoms with Crippen molar-refractivity contribution in [1.82, 2.24) is 19.5 Å². The smallest absolute Gasteiger partial charge is 0.274 e. The van der Waals surface area contributed by atoms with Gasteiger partial charge in [0.1, 0.15) is 0 Å². The first-order valence-electron chi connectivity index (χ1n) is 7.95. The summed E-state index contributed by atoms with van der Waals surface area (Å²) < 4.78 is 2.46. The molecule has 1 aliphatic rings. The quantitative estimate of drug-likeness (QED) is 0.644. The molecular formula is C18H17BrN4O. The first kappa shape index (κ1) is 15.3. The van der Waals surface area contributed by atoms with Gasteiger partial charge in [0, 0.05) is 25.0 Å². The first-order valence-corrected chi connectivity index (χ1v) is 8.74. The normalized spacial score (nSPS) is 17.1. The molecule has 0 radical (unpaired) electrons. The topological polar surface area (TPSA) is 50.5 Å². The average Bonchev–Trinajstić information content (AvgIpc) is 2.98. The van der Waals surface area contributed by atoms with Crippen molar-refractivity contribution in [2.24, 2.45) is 0 Å². The summed E-state index contributed by atoms with van der Waals surface area (Å²) >= 11 is 3.37. The van der Waals surface area contributed by atoms with Crippen LogP contribution in [0.5, 0.6) is 0 Å². The van der Waals surface area contributed by atoms with E-state index in [-0.39, 0.29) is 11.9 Å². The monoisotopic (exact) mass is 384 g/mol.